The summed E-state index contributed by atoms with van der Waals surface area (Å²) in [6.07, 6.45) is -0.974. The third-order valence-corrected chi connectivity index (χ3v) is 6.27. The summed E-state index contributed by atoms with van der Waals surface area (Å²) in [4.78, 5) is 45.9. The first-order chi connectivity index (χ1) is 18.0. The first-order valence-corrected chi connectivity index (χ1v) is 12.2. The molecular formula is C25H28F3N7O3. The number of carbonyl (C=O) groups is 1. The quantitative estimate of drug-likeness (QED) is 0.363. The highest BCUT2D eigenvalue weighted by molar-refractivity contribution is 5.92. The van der Waals surface area contributed by atoms with Crippen molar-refractivity contribution in [3.8, 4) is 11.4 Å². The van der Waals surface area contributed by atoms with Crippen LogP contribution in [0.2, 0.25) is 0 Å². The molecule has 0 aliphatic rings. The van der Waals surface area contributed by atoms with Crippen molar-refractivity contribution < 1.29 is 18.0 Å². The van der Waals surface area contributed by atoms with Crippen LogP contribution in [0.4, 0.5) is 18.0 Å². The molecule has 0 aliphatic heterocycles. The minimum atomic E-state index is -4.47. The van der Waals surface area contributed by atoms with Crippen LogP contribution in [0.15, 0.2) is 46.2 Å². The summed E-state index contributed by atoms with van der Waals surface area (Å²) >= 11 is 0. The molecule has 13 heteroatoms. The molecule has 3 heterocycles. The number of fused-ring (bicyclic) bond motifs is 1. The molecule has 202 valence electrons. The summed E-state index contributed by atoms with van der Waals surface area (Å²) in [6, 6.07) is 4.41. The van der Waals surface area contributed by atoms with E-state index in [1.807, 2.05) is 6.92 Å². The van der Waals surface area contributed by atoms with Gasteiger partial charge in [-0.25, -0.2) is 19.1 Å². The molecule has 10 nitrogen and oxygen atoms in total. The van der Waals surface area contributed by atoms with Crippen molar-refractivity contribution in [3.05, 3.63) is 68.6 Å². The number of benzene rings is 1. The van der Waals surface area contributed by atoms with E-state index in [9.17, 15) is 27.6 Å². The Bertz CT molecular complexity index is 1610. The highest BCUT2D eigenvalue weighted by Crippen LogP contribution is 2.30. The van der Waals surface area contributed by atoms with E-state index in [0.717, 1.165) is 16.7 Å². The van der Waals surface area contributed by atoms with Gasteiger partial charge >= 0.3 is 17.9 Å². The molecule has 0 fully saturated rings. The number of alkyl halides is 3. The van der Waals surface area contributed by atoms with Gasteiger partial charge in [-0.2, -0.15) is 18.3 Å². The summed E-state index contributed by atoms with van der Waals surface area (Å²) in [5, 5.41) is 4.25. The van der Waals surface area contributed by atoms with E-state index in [1.165, 1.54) is 37.2 Å². The predicted octanol–water partition coefficient (Wildman–Crippen LogP) is 3.64. The van der Waals surface area contributed by atoms with Crippen molar-refractivity contribution in [2.75, 3.05) is 13.6 Å². The Hall–Kier alpha value is -4.16. The second-order valence-electron chi connectivity index (χ2n) is 8.85. The van der Waals surface area contributed by atoms with E-state index in [4.69, 9.17) is 0 Å². The summed E-state index contributed by atoms with van der Waals surface area (Å²) < 4.78 is 44.4. The molecular weight excluding hydrogens is 503 g/mol. The smallest absolute Gasteiger partial charge is 0.327 e. The van der Waals surface area contributed by atoms with E-state index in [1.54, 1.807) is 27.0 Å². The minimum absolute atomic E-state index is 0.0224. The molecule has 0 N–H and O–H groups in total. The van der Waals surface area contributed by atoms with Crippen molar-refractivity contribution in [2.24, 2.45) is 0 Å². The van der Waals surface area contributed by atoms with Crippen molar-refractivity contribution in [3.63, 3.8) is 0 Å². The Morgan fingerprint density at radius 1 is 1.11 bits per heavy atom. The number of imidazole rings is 1. The van der Waals surface area contributed by atoms with Gasteiger partial charge in [0.2, 0.25) is 0 Å². The lowest BCUT2D eigenvalue weighted by Crippen LogP contribution is -2.41. The Kier molecular flexibility index (Phi) is 7.29. The van der Waals surface area contributed by atoms with Crippen LogP contribution < -0.4 is 11.2 Å². The number of rotatable bonds is 7. The van der Waals surface area contributed by atoms with Crippen molar-refractivity contribution in [1.82, 2.24) is 33.4 Å². The molecule has 38 heavy (non-hydrogen) atoms. The van der Waals surface area contributed by atoms with Crippen LogP contribution in [0.25, 0.3) is 22.6 Å². The zero-order valence-electron chi connectivity index (χ0n) is 21.5. The SMILES string of the molecule is CCCn1c(=O)c2c(nc(-c3cnn(Cc4cccc(C(F)(F)F)c4)c3)n2C(=O)N(C)CC)n(CC)c1=O. The Labute approximate surface area is 215 Å². The van der Waals surface area contributed by atoms with E-state index < -0.39 is 29.0 Å². The predicted molar refractivity (Wildman–Crippen MR) is 135 cm³/mol. The van der Waals surface area contributed by atoms with E-state index in [0.29, 0.717) is 24.1 Å². The molecule has 4 aromatic rings. The van der Waals surface area contributed by atoms with Crippen LogP contribution >= 0.6 is 0 Å². The summed E-state index contributed by atoms with van der Waals surface area (Å²) in [7, 11) is 1.58. The number of hydrogen-bond acceptors (Lipinski definition) is 5. The van der Waals surface area contributed by atoms with Gasteiger partial charge in [-0.3, -0.25) is 18.6 Å². The highest BCUT2D eigenvalue weighted by Gasteiger charge is 2.30. The summed E-state index contributed by atoms with van der Waals surface area (Å²) in [6.45, 7) is 6.15. The first kappa shape index (κ1) is 26.9. The minimum Gasteiger partial charge on any atom is -0.327 e. The van der Waals surface area contributed by atoms with E-state index in [-0.39, 0.29) is 36.6 Å². The van der Waals surface area contributed by atoms with Crippen LogP contribution in [-0.2, 0) is 25.8 Å². The molecule has 0 bridgehead atoms. The number of nitrogens with zero attached hydrogens (tertiary/aromatic N) is 7. The number of amides is 1. The highest BCUT2D eigenvalue weighted by atomic mass is 19.4. The average molecular weight is 532 g/mol. The maximum atomic E-state index is 13.5. The first-order valence-electron chi connectivity index (χ1n) is 12.2. The third-order valence-electron chi connectivity index (χ3n) is 6.27. The van der Waals surface area contributed by atoms with E-state index in [2.05, 4.69) is 10.1 Å². The fourth-order valence-electron chi connectivity index (χ4n) is 4.23. The molecule has 0 radical (unpaired) electrons. The molecule has 0 saturated carbocycles. The van der Waals surface area contributed by atoms with Crippen molar-refractivity contribution in [2.45, 2.75) is 53.0 Å². The van der Waals surface area contributed by atoms with Gasteiger partial charge in [0, 0.05) is 32.9 Å². The maximum Gasteiger partial charge on any atom is 0.416 e. The lowest BCUT2D eigenvalue weighted by molar-refractivity contribution is -0.137. The zero-order chi connectivity index (χ0) is 27.8. The number of hydrogen-bond donors (Lipinski definition) is 0. The molecule has 1 amide bonds. The zero-order valence-corrected chi connectivity index (χ0v) is 21.5. The van der Waals surface area contributed by atoms with Gasteiger partial charge in [-0.15, -0.1) is 0 Å². The molecule has 0 saturated heterocycles. The second kappa shape index (κ2) is 10.3. The molecule has 0 aliphatic carbocycles. The average Bonchev–Trinajstić information content (AvgIpc) is 3.50. The van der Waals surface area contributed by atoms with Crippen molar-refractivity contribution in [1.29, 1.82) is 0 Å². The lowest BCUT2D eigenvalue weighted by Gasteiger charge is -2.17. The van der Waals surface area contributed by atoms with Crippen LogP contribution in [0.5, 0.6) is 0 Å². The number of halogens is 3. The normalized spacial score (nSPS) is 11.9. The Balaban J connectivity index is 1.89. The number of aryl methyl sites for hydroxylation is 1. The van der Waals surface area contributed by atoms with Gasteiger partial charge in [-0.05, 0) is 38.0 Å². The fourth-order valence-corrected chi connectivity index (χ4v) is 4.23. The van der Waals surface area contributed by atoms with Crippen LogP contribution in [0.1, 0.15) is 38.3 Å². The van der Waals surface area contributed by atoms with Crippen LogP contribution in [0.3, 0.4) is 0 Å². The van der Waals surface area contributed by atoms with Gasteiger partial charge in [0.1, 0.15) is 0 Å². The fraction of sp³-hybridized carbons (Fsp3) is 0.400. The molecule has 1 aromatic carbocycles. The van der Waals surface area contributed by atoms with Gasteiger partial charge in [0.25, 0.3) is 5.56 Å². The maximum absolute atomic E-state index is 13.5. The van der Waals surface area contributed by atoms with Gasteiger partial charge < -0.3 is 4.90 Å². The van der Waals surface area contributed by atoms with E-state index >= 15 is 0 Å². The summed E-state index contributed by atoms with van der Waals surface area (Å²) in [5.74, 6) is 0.105. The lowest BCUT2D eigenvalue weighted by atomic mass is 10.1. The molecule has 0 spiro atoms. The van der Waals surface area contributed by atoms with Gasteiger partial charge in [-0.1, -0.05) is 19.1 Å². The van der Waals surface area contributed by atoms with Crippen LogP contribution in [0, 0.1) is 0 Å². The second-order valence-corrected chi connectivity index (χ2v) is 8.85. The molecule has 0 atom stereocenters. The van der Waals surface area contributed by atoms with Gasteiger partial charge in [0.05, 0.1) is 23.9 Å². The Morgan fingerprint density at radius 3 is 2.47 bits per heavy atom. The monoisotopic (exact) mass is 531 g/mol. The van der Waals surface area contributed by atoms with Gasteiger partial charge in [0.15, 0.2) is 17.0 Å². The topological polar surface area (TPSA) is 99.9 Å². The number of carbonyl (C=O) groups excluding carboxylic acids is 1. The molecule has 4 rings (SSSR count). The largest absolute Gasteiger partial charge is 0.416 e. The number of aromatic nitrogens is 6. The molecule has 0 unspecified atom stereocenters. The van der Waals surface area contributed by atoms with Crippen LogP contribution in [-0.4, -0.2) is 53.0 Å². The van der Waals surface area contributed by atoms with Crippen molar-refractivity contribution >= 4 is 17.2 Å². The molecule has 3 aromatic heterocycles. The Morgan fingerprint density at radius 2 is 1.84 bits per heavy atom. The standard InChI is InChI=1S/C25H28F3N7O3/c1-5-11-34-22(36)19-21(33(7-3)24(34)38)30-20(35(19)23(37)31(4)6-2)17-13-29-32(15-17)14-16-9-8-10-18(12-16)25(26,27)28/h8-10,12-13,15H,5-7,11,14H2,1-4H3. The summed E-state index contributed by atoms with van der Waals surface area (Å²) in [5.41, 5.74) is -1.10. The third kappa shape index (κ3) is 4.75.